The van der Waals surface area contributed by atoms with Crippen molar-refractivity contribution >= 4 is 73.2 Å². The number of rotatable bonds is 5. The maximum atomic E-state index is 13.1. The van der Waals surface area contributed by atoms with Gasteiger partial charge in [-0.2, -0.15) is 15.3 Å². The summed E-state index contributed by atoms with van der Waals surface area (Å²) in [5.74, 6) is 0. The van der Waals surface area contributed by atoms with E-state index >= 15 is 0 Å². The predicted octanol–water partition coefficient (Wildman–Crippen LogP) is 5.34. The molecule has 0 amide bonds. The normalized spacial score (nSPS) is 11.4. The molecule has 5 heterocycles. The highest BCUT2D eigenvalue weighted by Gasteiger charge is 2.18. The molecule has 34 heavy (non-hydrogen) atoms. The second-order valence-electron chi connectivity index (χ2n) is 6.72. The van der Waals surface area contributed by atoms with Crippen LogP contribution in [-0.2, 0) is 20.6 Å². The van der Waals surface area contributed by atoms with Crippen LogP contribution in [0.25, 0.3) is 33.4 Å². The SMILES string of the molecule is CC.CC.Cn1ccc(Cn2ncc3c4sc(/C=C/c5ccn(PI)n5)nc4n(C)c3c2=O)n1. The molecule has 5 rings (SSSR count). The second-order valence-corrected chi connectivity index (χ2v) is 9.82. The summed E-state index contributed by atoms with van der Waals surface area (Å²) >= 11 is 3.84. The summed E-state index contributed by atoms with van der Waals surface area (Å²) < 4.78 is 7.86. The summed E-state index contributed by atoms with van der Waals surface area (Å²) in [4.78, 5) is 17.8. The van der Waals surface area contributed by atoms with Crippen LogP contribution in [-0.4, -0.2) is 38.7 Å². The Morgan fingerprint density at radius 1 is 1.09 bits per heavy atom. The Labute approximate surface area is 216 Å². The maximum absolute atomic E-state index is 13.1. The van der Waals surface area contributed by atoms with Crippen molar-refractivity contribution in [1.82, 2.24) is 38.7 Å². The molecular weight excluding hydrogens is 582 g/mol. The fraction of sp³-hybridized carbons (Fsp3) is 0.318. The minimum Gasteiger partial charge on any atom is -0.323 e. The van der Waals surface area contributed by atoms with E-state index in [9.17, 15) is 4.79 Å². The Morgan fingerprint density at radius 2 is 1.85 bits per heavy atom. The minimum absolute atomic E-state index is 0.145. The van der Waals surface area contributed by atoms with Gasteiger partial charge in [0.2, 0.25) is 0 Å². The van der Waals surface area contributed by atoms with Gasteiger partial charge in [0.1, 0.15) is 10.5 Å². The molecule has 5 aromatic heterocycles. The number of nitrogens with zero attached hydrogens (tertiary/aromatic N) is 8. The molecule has 9 nitrogen and oxygen atoms in total. The highest BCUT2D eigenvalue weighted by molar-refractivity contribution is 14.2. The lowest BCUT2D eigenvalue weighted by molar-refractivity contribution is 0.619. The molecule has 1 unspecified atom stereocenters. The third-order valence-electron chi connectivity index (χ3n) is 4.72. The highest BCUT2D eigenvalue weighted by Crippen LogP contribution is 2.31. The van der Waals surface area contributed by atoms with Crippen LogP contribution in [0.1, 0.15) is 44.1 Å². The fourth-order valence-electron chi connectivity index (χ4n) is 3.32. The molecular formula is C22H28IN8OPS. The fourth-order valence-corrected chi connectivity index (χ4v) is 5.42. The first-order valence-electron chi connectivity index (χ1n) is 11.0. The zero-order valence-corrected chi connectivity index (χ0v) is 24.0. The number of thiazole rings is 1. The third-order valence-corrected chi connectivity index (χ3v) is 7.66. The summed E-state index contributed by atoms with van der Waals surface area (Å²) in [6, 6.07) is 3.85. The average molecular weight is 610 g/mol. The van der Waals surface area contributed by atoms with Crippen molar-refractivity contribution in [3.05, 3.63) is 57.5 Å². The molecule has 0 radical (unpaired) electrons. The largest absolute Gasteiger partial charge is 0.323 e. The lowest BCUT2D eigenvalue weighted by atomic mass is 10.3. The summed E-state index contributed by atoms with van der Waals surface area (Å²) in [6.07, 6.45) is 10.0. The van der Waals surface area contributed by atoms with Gasteiger partial charge in [0, 0.05) is 31.9 Å². The summed E-state index contributed by atoms with van der Waals surface area (Å²) in [5.41, 5.74) is 2.92. The van der Waals surface area contributed by atoms with E-state index in [0.717, 1.165) is 32.1 Å². The van der Waals surface area contributed by atoms with Crippen LogP contribution in [0.5, 0.6) is 0 Å². The Bertz CT molecular complexity index is 1480. The molecule has 0 saturated carbocycles. The molecule has 0 aliphatic carbocycles. The molecule has 0 bridgehead atoms. The summed E-state index contributed by atoms with van der Waals surface area (Å²) in [6.45, 7) is 8.33. The molecule has 0 aromatic carbocycles. The van der Waals surface area contributed by atoms with Crippen molar-refractivity contribution in [1.29, 1.82) is 0 Å². The van der Waals surface area contributed by atoms with Gasteiger partial charge in [0.15, 0.2) is 5.65 Å². The van der Waals surface area contributed by atoms with Gasteiger partial charge in [-0.1, -0.05) is 27.7 Å². The summed E-state index contributed by atoms with van der Waals surface area (Å²) in [5, 5.41) is 14.9. The molecule has 0 spiro atoms. The Morgan fingerprint density at radius 3 is 2.50 bits per heavy atom. The lowest BCUT2D eigenvalue weighted by Crippen LogP contribution is -2.24. The smallest absolute Gasteiger partial charge is 0.291 e. The predicted molar refractivity (Wildman–Crippen MR) is 152 cm³/mol. The van der Waals surface area contributed by atoms with E-state index in [1.54, 1.807) is 22.2 Å². The van der Waals surface area contributed by atoms with Gasteiger partial charge in [-0.3, -0.25) is 9.48 Å². The van der Waals surface area contributed by atoms with E-state index in [-0.39, 0.29) is 5.56 Å². The van der Waals surface area contributed by atoms with Crippen molar-refractivity contribution in [2.75, 3.05) is 0 Å². The van der Waals surface area contributed by atoms with E-state index in [0.29, 0.717) is 18.4 Å². The van der Waals surface area contributed by atoms with E-state index in [4.69, 9.17) is 4.98 Å². The standard InChI is InChI=1S/C18H16IN8OPS.2C2H6/c1-24-7-5-12(22-24)10-26-18(28)15-13(9-20-26)16-17(25(15)2)21-14(30-16)4-3-11-6-8-27(23-11)29-19;2*1-2/h3-9,29H,10H2,1-2H3;2*1-2H3/b4-3+;;. The Kier molecular flexibility index (Phi) is 9.15. The van der Waals surface area contributed by atoms with Gasteiger partial charge >= 0.3 is 0 Å². The Hall–Kier alpha value is -2.37. The number of halogens is 1. The van der Waals surface area contributed by atoms with Crippen molar-refractivity contribution < 1.29 is 0 Å². The van der Waals surface area contributed by atoms with Gasteiger partial charge < -0.3 is 4.57 Å². The number of hydrogen-bond donors (Lipinski definition) is 0. The lowest BCUT2D eigenvalue weighted by Gasteiger charge is -2.03. The maximum Gasteiger partial charge on any atom is 0.291 e. The quantitative estimate of drug-likeness (QED) is 0.198. The zero-order valence-electron chi connectivity index (χ0n) is 20.0. The van der Waals surface area contributed by atoms with Crippen LogP contribution >= 0.6 is 39.8 Å². The number of fused-ring (bicyclic) bond motifs is 3. The molecule has 0 fully saturated rings. The number of hydrogen-bond acceptors (Lipinski definition) is 6. The van der Waals surface area contributed by atoms with Gasteiger partial charge in [0.25, 0.3) is 5.56 Å². The number of aromatic nitrogens is 8. The van der Waals surface area contributed by atoms with E-state index < -0.39 is 0 Å². The van der Waals surface area contributed by atoms with Crippen LogP contribution < -0.4 is 5.56 Å². The molecule has 0 saturated heterocycles. The third kappa shape index (κ3) is 5.31. The minimum atomic E-state index is -0.145. The molecule has 1 atom stereocenters. The first kappa shape index (κ1) is 26.2. The molecule has 5 aromatic rings. The summed E-state index contributed by atoms with van der Waals surface area (Å²) in [7, 11) is 3.72. The Balaban J connectivity index is 0.000000771. The van der Waals surface area contributed by atoms with E-state index in [2.05, 4.69) is 37.3 Å². The molecule has 180 valence electrons. The van der Waals surface area contributed by atoms with Gasteiger partial charge in [-0.25, -0.2) is 14.1 Å². The van der Waals surface area contributed by atoms with Crippen molar-refractivity contribution in [2.24, 2.45) is 14.1 Å². The van der Waals surface area contributed by atoms with Crippen molar-refractivity contribution in [2.45, 2.75) is 34.2 Å². The molecule has 0 aliphatic rings. The zero-order chi connectivity index (χ0) is 24.8. The van der Waals surface area contributed by atoms with Crippen molar-refractivity contribution in [3.8, 4) is 0 Å². The van der Waals surface area contributed by atoms with Crippen molar-refractivity contribution in [3.63, 3.8) is 0 Å². The van der Waals surface area contributed by atoms with Gasteiger partial charge in [-0.15, -0.1) is 11.3 Å². The van der Waals surface area contributed by atoms with Crippen LogP contribution in [0.2, 0.25) is 0 Å². The number of aryl methyl sites for hydroxylation is 2. The monoisotopic (exact) mass is 610 g/mol. The van der Waals surface area contributed by atoms with E-state index in [1.165, 1.54) is 4.68 Å². The first-order valence-corrected chi connectivity index (χ1v) is 15.9. The van der Waals surface area contributed by atoms with Crippen LogP contribution in [0.4, 0.5) is 0 Å². The topological polar surface area (TPSA) is 88.4 Å². The second kappa shape index (κ2) is 11.9. The van der Waals surface area contributed by atoms with Crippen LogP contribution in [0.3, 0.4) is 0 Å². The highest BCUT2D eigenvalue weighted by atomic mass is 127. The molecule has 0 aliphatic heterocycles. The van der Waals surface area contributed by atoms with Crippen LogP contribution in [0.15, 0.2) is 35.5 Å². The van der Waals surface area contributed by atoms with Gasteiger partial charge in [-0.05, 0) is 46.3 Å². The van der Waals surface area contributed by atoms with Crippen LogP contribution in [0, 0.1) is 0 Å². The van der Waals surface area contributed by atoms with Gasteiger partial charge in [0.05, 0.1) is 35.2 Å². The van der Waals surface area contributed by atoms with E-state index in [1.807, 2.05) is 87.5 Å². The molecule has 0 N–H and O–H groups in total. The first-order chi connectivity index (χ1) is 16.5. The molecule has 12 heteroatoms. The average Bonchev–Trinajstić information content (AvgIpc) is 3.63.